The van der Waals surface area contributed by atoms with E-state index >= 15 is 0 Å². The van der Waals surface area contributed by atoms with E-state index in [1.54, 1.807) is 25.8 Å². The van der Waals surface area contributed by atoms with Gasteiger partial charge in [0.25, 0.3) is 0 Å². The molecule has 0 saturated carbocycles. The molecule has 0 aliphatic rings. The molecular weight excluding hydrogens is 288 g/mol. The quantitative estimate of drug-likeness (QED) is 0.586. The number of aryl methyl sites for hydroxylation is 1. The second kappa shape index (κ2) is 8.89. The summed E-state index contributed by atoms with van der Waals surface area (Å²) in [7, 11) is 1.67. The lowest BCUT2D eigenvalue weighted by Gasteiger charge is -2.13. The highest BCUT2D eigenvalue weighted by Crippen LogP contribution is 2.26. The highest BCUT2D eigenvalue weighted by atomic mass is 32.2. The van der Waals surface area contributed by atoms with Crippen molar-refractivity contribution < 1.29 is 14.3 Å². The van der Waals surface area contributed by atoms with Gasteiger partial charge in [0.2, 0.25) is 0 Å². The molecule has 1 rings (SSSR count). The first kappa shape index (κ1) is 17.8. The summed E-state index contributed by atoms with van der Waals surface area (Å²) in [6, 6.07) is -0.543. The second-order valence-electron chi connectivity index (χ2n) is 4.75. The van der Waals surface area contributed by atoms with E-state index in [4.69, 9.17) is 15.2 Å². The Morgan fingerprint density at radius 1 is 1.48 bits per heavy atom. The zero-order chi connectivity index (χ0) is 15.8. The molecule has 21 heavy (non-hydrogen) atoms. The summed E-state index contributed by atoms with van der Waals surface area (Å²) in [5.41, 5.74) is 8.87. The molecule has 0 spiro atoms. The monoisotopic (exact) mass is 312 g/mol. The number of thioether (sulfide) groups is 1. The molecule has 0 aliphatic carbocycles. The van der Waals surface area contributed by atoms with Crippen molar-refractivity contribution in [2.24, 2.45) is 5.73 Å². The Morgan fingerprint density at radius 3 is 2.81 bits per heavy atom. The Hall–Kier alpha value is -1.27. The minimum atomic E-state index is -0.543. The topological polar surface area (TPSA) is 74.4 Å². The van der Waals surface area contributed by atoms with Crippen molar-refractivity contribution in [1.82, 2.24) is 4.98 Å². The van der Waals surface area contributed by atoms with Gasteiger partial charge in [-0.25, -0.2) is 0 Å². The molecule has 1 aromatic rings. The molecule has 5 nitrogen and oxygen atoms in total. The molecule has 1 aromatic heterocycles. The number of carbonyl (C=O) groups is 1. The summed E-state index contributed by atoms with van der Waals surface area (Å²) < 4.78 is 10.3. The fraction of sp³-hybridized carbons (Fsp3) is 0.600. The lowest BCUT2D eigenvalue weighted by Crippen LogP contribution is -2.32. The van der Waals surface area contributed by atoms with E-state index in [0.717, 1.165) is 34.1 Å². The molecule has 1 heterocycles. The SMILES string of the molecule is CCOC(=O)C(N)CCSCc1ncc(C)c(OC)c1C. The highest BCUT2D eigenvalue weighted by molar-refractivity contribution is 7.98. The number of aromatic nitrogens is 1. The Bertz CT molecular complexity index is 480. The van der Waals surface area contributed by atoms with Crippen LogP contribution in [0.1, 0.15) is 30.2 Å². The van der Waals surface area contributed by atoms with Crippen LogP contribution in [0.3, 0.4) is 0 Å². The molecule has 1 unspecified atom stereocenters. The number of nitrogens with two attached hydrogens (primary N) is 1. The smallest absolute Gasteiger partial charge is 0.322 e. The van der Waals surface area contributed by atoms with E-state index < -0.39 is 6.04 Å². The summed E-state index contributed by atoms with van der Waals surface area (Å²) in [5.74, 6) is 2.13. The first-order chi connectivity index (χ1) is 10.0. The molecule has 118 valence electrons. The summed E-state index contributed by atoms with van der Waals surface area (Å²) in [6.07, 6.45) is 2.43. The number of ether oxygens (including phenoxy) is 2. The zero-order valence-corrected chi connectivity index (χ0v) is 14.0. The number of hydrogen-bond donors (Lipinski definition) is 1. The van der Waals surface area contributed by atoms with Crippen LogP contribution in [0.15, 0.2) is 6.20 Å². The normalized spacial score (nSPS) is 12.0. The van der Waals surface area contributed by atoms with Crippen LogP contribution in [0.4, 0.5) is 0 Å². The Balaban J connectivity index is 2.45. The number of hydrogen-bond acceptors (Lipinski definition) is 6. The summed E-state index contributed by atoms with van der Waals surface area (Å²) in [5, 5.41) is 0. The van der Waals surface area contributed by atoms with Crippen LogP contribution >= 0.6 is 11.8 Å². The van der Waals surface area contributed by atoms with Crippen LogP contribution in [0, 0.1) is 13.8 Å². The van der Waals surface area contributed by atoms with E-state index in [1.165, 1.54) is 0 Å². The first-order valence-electron chi connectivity index (χ1n) is 7.00. The molecule has 0 radical (unpaired) electrons. The van der Waals surface area contributed by atoms with Gasteiger partial charge in [0.1, 0.15) is 11.8 Å². The van der Waals surface area contributed by atoms with Gasteiger partial charge in [-0.3, -0.25) is 9.78 Å². The third-order valence-electron chi connectivity index (χ3n) is 3.15. The van der Waals surface area contributed by atoms with Gasteiger partial charge in [0.15, 0.2) is 0 Å². The van der Waals surface area contributed by atoms with Crippen LogP contribution in [-0.4, -0.2) is 36.5 Å². The molecule has 0 bridgehead atoms. The molecule has 0 saturated heterocycles. The van der Waals surface area contributed by atoms with Crippen LogP contribution in [0.5, 0.6) is 5.75 Å². The zero-order valence-electron chi connectivity index (χ0n) is 13.1. The molecule has 0 aliphatic heterocycles. The summed E-state index contributed by atoms with van der Waals surface area (Å²) >= 11 is 1.70. The average molecular weight is 312 g/mol. The molecule has 2 N–H and O–H groups in total. The van der Waals surface area contributed by atoms with Gasteiger partial charge in [-0.05, 0) is 32.9 Å². The minimum absolute atomic E-state index is 0.329. The third-order valence-corrected chi connectivity index (χ3v) is 4.15. The van der Waals surface area contributed by atoms with Crippen molar-refractivity contribution in [3.8, 4) is 5.75 Å². The van der Waals surface area contributed by atoms with E-state index in [2.05, 4.69) is 4.98 Å². The Kier molecular flexibility index (Phi) is 7.53. The van der Waals surface area contributed by atoms with Crippen molar-refractivity contribution in [2.45, 2.75) is 39.0 Å². The summed E-state index contributed by atoms with van der Waals surface area (Å²) in [6.45, 7) is 6.14. The van der Waals surface area contributed by atoms with Crippen molar-refractivity contribution in [3.05, 3.63) is 23.0 Å². The fourth-order valence-corrected chi connectivity index (χ4v) is 3.01. The molecule has 1 atom stereocenters. The maximum Gasteiger partial charge on any atom is 0.322 e. The second-order valence-corrected chi connectivity index (χ2v) is 5.85. The van der Waals surface area contributed by atoms with Crippen molar-refractivity contribution in [1.29, 1.82) is 0 Å². The number of pyridine rings is 1. The van der Waals surface area contributed by atoms with Crippen molar-refractivity contribution in [2.75, 3.05) is 19.5 Å². The van der Waals surface area contributed by atoms with Crippen LogP contribution in [-0.2, 0) is 15.3 Å². The van der Waals surface area contributed by atoms with E-state index in [-0.39, 0.29) is 5.97 Å². The largest absolute Gasteiger partial charge is 0.496 e. The Morgan fingerprint density at radius 2 is 2.19 bits per heavy atom. The Labute approximate surface area is 130 Å². The average Bonchev–Trinajstić information content (AvgIpc) is 2.46. The molecule has 6 heteroatoms. The maximum atomic E-state index is 11.4. The van der Waals surface area contributed by atoms with Crippen LogP contribution in [0.25, 0.3) is 0 Å². The predicted molar refractivity (Wildman–Crippen MR) is 85.7 cm³/mol. The number of esters is 1. The number of methoxy groups -OCH3 is 1. The minimum Gasteiger partial charge on any atom is -0.496 e. The molecule has 0 fully saturated rings. The van der Waals surface area contributed by atoms with Gasteiger partial charge in [-0.1, -0.05) is 0 Å². The predicted octanol–water partition coefficient (Wildman–Crippen LogP) is 2.22. The van der Waals surface area contributed by atoms with Gasteiger partial charge in [0, 0.05) is 23.1 Å². The van der Waals surface area contributed by atoms with Crippen LogP contribution < -0.4 is 10.5 Å². The van der Waals surface area contributed by atoms with Gasteiger partial charge >= 0.3 is 5.97 Å². The van der Waals surface area contributed by atoms with Crippen molar-refractivity contribution >= 4 is 17.7 Å². The van der Waals surface area contributed by atoms with Crippen molar-refractivity contribution in [3.63, 3.8) is 0 Å². The molecular formula is C15H24N2O3S. The van der Waals surface area contributed by atoms with E-state index in [1.807, 2.05) is 20.0 Å². The fourth-order valence-electron chi connectivity index (χ4n) is 1.96. The summed E-state index contributed by atoms with van der Waals surface area (Å²) in [4.78, 5) is 15.8. The third kappa shape index (κ3) is 5.21. The van der Waals surface area contributed by atoms with E-state index in [9.17, 15) is 4.79 Å². The van der Waals surface area contributed by atoms with Gasteiger partial charge < -0.3 is 15.2 Å². The van der Waals surface area contributed by atoms with E-state index in [0.29, 0.717) is 13.0 Å². The number of rotatable bonds is 8. The lowest BCUT2D eigenvalue weighted by atomic mass is 10.1. The first-order valence-corrected chi connectivity index (χ1v) is 8.15. The molecule has 0 aromatic carbocycles. The number of carbonyl (C=O) groups excluding carboxylic acids is 1. The highest BCUT2D eigenvalue weighted by Gasteiger charge is 2.14. The maximum absolute atomic E-state index is 11.4. The van der Waals surface area contributed by atoms with Gasteiger partial charge in [0.05, 0.1) is 19.4 Å². The van der Waals surface area contributed by atoms with Gasteiger partial charge in [-0.2, -0.15) is 11.8 Å². The number of nitrogens with zero attached hydrogens (tertiary/aromatic N) is 1. The standard InChI is InChI=1S/C15H24N2O3S/c1-5-20-15(18)12(16)6-7-21-9-13-11(3)14(19-4)10(2)8-17-13/h8,12H,5-7,9,16H2,1-4H3. The van der Waals surface area contributed by atoms with Gasteiger partial charge in [-0.15, -0.1) is 0 Å². The molecule has 0 amide bonds. The lowest BCUT2D eigenvalue weighted by molar-refractivity contribution is -0.144. The van der Waals surface area contributed by atoms with Crippen LogP contribution in [0.2, 0.25) is 0 Å².